The maximum absolute atomic E-state index is 12.8. The molecule has 2 aliphatic rings. The molecule has 0 atom stereocenters. The van der Waals surface area contributed by atoms with Gasteiger partial charge >= 0.3 is 0 Å². The molecule has 0 saturated carbocycles. The quantitative estimate of drug-likeness (QED) is 0.139. The van der Waals surface area contributed by atoms with Crippen LogP contribution in [0.4, 0.5) is 11.4 Å². The van der Waals surface area contributed by atoms with E-state index in [1.54, 1.807) is 24.1 Å². The highest BCUT2D eigenvalue weighted by Gasteiger charge is 2.38. The average Bonchev–Trinajstić information content (AvgIpc) is 3.20. The van der Waals surface area contributed by atoms with E-state index in [0.29, 0.717) is 43.1 Å². The van der Waals surface area contributed by atoms with Gasteiger partial charge in [-0.05, 0) is 74.2 Å². The number of nitriles is 2. The summed E-state index contributed by atoms with van der Waals surface area (Å²) in [6.07, 6.45) is 6.58. The van der Waals surface area contributed by atoms with E-state index in [1.165, 1.54) is 5.56 Å². The lowest BCUT2D eigenvalue weighted by atomic mass is 9.70. The third kappa shape index (κ3) is 11.3. The number of nitrogens with one attached hydrogen (secondary N) is 3. The first-order valence-corrected chi connectivity index (χ1v) is 18.4. The topological polar surface area (TPSA) is 140 Å². The molecule has 53 heavy (non-hydrogen) atoms. The summed E-state index contributed by atoms with van der Waals surface area (Å²) < 4.78 is 10.6. The van der Waals surface area contributed by atoms with Crippen LogP contribution < -0.4 is 25.4 Å². The number of hydrogen-bond acceptors (Lipinski definition) is 8. The van der Waals surface area contributed by atoms with E-state index in [4.69, 9.17) is 20.0 Å². The minimum absolute atomic E-state index is 0.0326. The van der Waals surface area contributed by atoms with Crippen LogP contribution in [0.5, 0.6) is 11.5 Å². The molecule has 2 saturated heterocycles. The van der Waals surface area contributed by atoms with E-state index in [1.807, 2.05) is 72.8 Å². The summed E-state index contributed by atoms with van der Waals surface area (Å²) in [5.41, 5.74) is 3.47. The molecule has 0 radical (unpaired) electrons. The van der Waals surface area contributed by atoms with Gasteiger partial charge in [0.05, 0.1) is 25.6 Å². The van der Waals surface area contributed by atoms with E-state index in [9.17, 15) is 9.59 Å². The number of halogens is 1. The van der Waals surface area contributed by atoms with Crippen LogP contribution in [0, 0.1) is 21.7 Å². The van der Waals surface area contributed by atoms with Crippen molar-refractivity contribution in [3.05, 3.63) is 120 Å². The first-order valence-electron chi connectivity index (χ1n) is 17.6. The van der Waals surface area contributed by atoms with E-state index >= 15 is 0 Å². The summed E-state index contributed by atoms with van der Waals surface area (Å²) in [7, 11) is 3.21. The molecule has 6 rings (SSSR count). The molecular weight excluding hydrogens is 732 g/mol. The van der Waals surface area contributed by atoms with E-state index in [2.05, 4.69) is 74.5 Å². The second-order valence-electron chi connectivity index (χ2n) is 13.1. The Labute approximate surface area is 321 Å². The lowest BCUT2D eigenvalue weighted by molar-refractivity contribution is -0.118. The van der Waals surface area contributed by atoms with Crippen molar-refractivity contribution in [1.82, 2.24) is 10.2 Å². The standard InChI is InChI=1S/C21H23N3O2.C20H24N2O2.CBrN/c1-26-19-10-6-5-9-18(19)23-20(25)15-21(17-7-3-2-4-8-17)11-13-24(16-22)14-12-21;1-24-18-10-6-5-9-17(18)22-19(23)15-20(11-13-21-14-12-20)16-7-3-2-4-8-16;2-1-3/h2-10H,11-15H2,1H3,(H,23,25);2-10,21H,11-15H2,1H3,(H,22,23);. The Kier molecular flexibility index (Phi) is 15.7. The average molecular weight is 780 g/mol. The van der Waals surface area contributed by atoms with E-state index in [0.717, 1.165) is 50.0 Å². The maximum atomic E-state index is 12.8. The fourth-order valence-electron chi connectivity index (χ4n) is 7.16. The number of likely N-dealkylation sites (tertiary alicyclic amines) is 1. The van der Waals surface area contributed by atoms with E-state index < -0.39 is 0 Å². The Bertz CT molecular complexity index is 1830. The van der Waals surface area contributed by atoms with Crippen molar-refractivity contribution in [2.24, 2.45) is 0 Å². The molecule has 2 amide bonds. The lowest BCUT2D eigenvalue weighted by Crippen LogP contribution is -2.42. The Balaban J connectivity index is 0.000000221. The van der Waals surface area contributed by atoms with Crippen molar-refractivity contribution in [3.8, 4) is 22.7 Å². The molecule has 276 valence electrons. The number of rotatable bonds is 10. The number of amides is 2. The fraction of sp³-hybridized carbons (Fsp3) is 0.333. The molecule has 2 aliphatic heterocycles. The number of nitrogens with zero attached hydrogens (tertiary/aromatic N) is 3. The predicted molar refractivity (Wildman–Crippen MR) is 212 cm³/mol. The molecule has 3 N–H and O–H groups in total. The highest BCUT2D eigenvalue weighted by atomic mass is 79.9. The SMILES string of the molecule is COc1ccccc1NC(=O)CC1(c2ccccc2)CCN(C#N)CC1.COc1ccccc1NC(=O)CC1(c2ccccc2)CCNCC1.N#CBr. The minimum Gasteiger partial charge on any atom is -0.495 e. The van der Waals surface area contributed by atoms with Crippen LogP contribution >= 0.6 is 15.9 Å². The first-order chi connectivity index (χ1) is 25.8. The molecule has 0 spiro atoms. The summed E-state index contributed by atoms with van der Waals surface area (Å²) in [5, 5.41) is 25.8. The van der Waals surface area contributed by atoms with Crippen LogP contribution in [-0.2, 0) is 20.4 Å². The van der Waals surface area contributed by atoms with Gasteiger partial charge in [-0.25, -0.2) is 0 Å². The van der Waals surface area contributed by atoms with Crippen LogP contribution in [0.15, 0.2) is 109 Å². The van der Waals surface area contributed by atoms with Crippen molar-refractivity contribution < 1.29 is 19.1 Å². The molecular formula is C42H47BrN6O4. The van der Waals surface area contributed by atoms with Gasteiger partial charge in [-0.2, -0.15) is 10.5 Å². The third-order valence-corrected chi connectivity index (χ3v) is 9.95. The van der Waals surface area contributed by atoms with Crippen LogP contribution in [0.2, 0.25) is 0 Å². The molecule has 0 unspecified atom stereocenters. The van der Waals surface area contributed by atoms with Gasteiger partial charge in [-0.15, -0.1) is 0 Å². The number of ether oxygens (including phenoxy) is 2. The van der Waals surface area contributed by atoms with Crippen LogP contribution in [0.25, 0.3) is 0 Å². The Morgan fingerprint density at radius 1 is 0.679 bits per heavy atom. The molecule has 2 fully saturated rings. The Morgan fingerprint density at radius 3 is 1.45 bits per heavy atom. The number of hydrogen-bond donors (Lipinski definition) is 3. The summed E-state index contributed by atoms with van der Waals surface area (Å²) in [5.74, 6) is 1.33. The van der Waals surface area contributed by atoms with Gasteiger partial charge in [0.1, 0.15) is 16.5 Å². The molecule has 0 aliphatic carbocycles. The molecule has 0 aromatic heterocycles. The van der Waals surface area contributed by atoms with E-state index in [-0.39, 0.29) is 22.6 Å². The third-order valence-electron chi connectivity index (χ3n) is 9.95. The number of methoxy groups -OCH3 is 2. The van der Waals surface area contributed by atoms with Crippen molar-refractivity contribution >= 4 is 39.1 Å². The predicted octanol–water partition coefficient (Wildman–Crippen LogP) is 7.75. The van der Waals surface area contributed by atoms with Gasteiger partial charge in [0, 0.05) is 52.7 Å². The zero-order valence-electron chi connectivity index (χ0n) is 30.3. The highest BCUT2D eigenvalue weighted by Crippen LogP contribution is 2.40. The van der Waals surface area contributed by atoms with Gasteiger partial charge < -0.3 is 30.3 Å². The monoisotopic (exact) mass is 778 g/mol. The number of benzene rings is 4. The molecule has 0 bridgehead atoms. The zero-order chi connectivity index (χ0) is 37.9. The highest BCUT2D eigenvalue weighted by molar-refractivity contribution is 9.12. The lowest BCUT2D eigenvalue weighted by Gasteiger charge is -2.40. The largest absolute Gasteiger partial charge is 0.495 e. The van der Waals surface area contributed by atoms with Gasteiger partial charge in [-0.1, -0.05) is 84.9 Å². The van der Waals surface area contributed by atoms with Crippen LogP contribution in [0.3, 0.4) is 0 Å². The van der Waals surface area contributed by atoms with Crippen molar-refractivity contribution in [2.75, 3.05) is 51.0 Å². The Morgan fingerprint density at radius 2 is 1.06 bits per heavy atom. The maximum Gasteiger partial charge on any atom is 0.225 e. The van der Waals surface area contributed by atoms with Gasteiger partial charge in [0.25, 0.3) is 0 Å². The van der Waals surface area contributed by atoms with Gasteiger partial charge in [0.2, 0.25) is 11.8 Å². The molecule has 4 aromatic rings. The summed E-state index contributed by atoms with van der Waals surface area (Å²) in [6.45, 7) is 3.23. The summed E-state index contributed by atoms with van der Waals surface area (Å²) in [4.78, 5) is 28.9. The minimum atomic E-state index is -0.249. The fourth-order valence-corrected chi connectivity index (χ4v) is 7.16. The number of piperidine rings is 2. The molecule has 10 nitrogen and oxygen atoms in total. The van der Waals surface area contributed by atoms with Crippen molar-refractivity contribution in [2.45, 2.75) is 49.4 Å². The number of carbonyl (C=O) groups excluding carboxylic acids is 2. The van der Waals surface area contributed by atoms with Crippen LogP contribution in [-0.4, -0.2) is 57.1 Å². The second kappa shape index (κ2) is 20.6. The first kappa shape index (κ1) is 40.4. The summed E-state index contributed by atoms with van der Waals surface area (Å²) >= 11 is 2.45. The Hall–Kier alpha value is -5.36. The smallest absolute Gasteiger partial charge is 0.225 e. The second-order valence-corrected chi connectivity index (χ2v) is 13.4. The molecule has 4 aromatic carbocycles. The summed E-state index contributed by atoms with van der Waals surface area (Å²) in [6, 6.07) is 35.5. The van der Waals surface area contributed by atoms with Crippen molar-refractivity contribution in [1.29, 1.82) is 10.5 Å². The van der Waals surface area contributed by atoms with Crippen LogP contribution in [0.1, 0.15) is 49.7 Å². The molecule has 11 heteroatoms. The normalized spacial score (nSPS) is 15.3. The number of para-hydroxylation sites is 4. The zero-order valence-corrected chi connectivity index (χ0v) is 31.9. The number of carbonyl (C=O) groups is 2. The van der Waals surface area contributed by atoms with Gasteiger partial charge in [0.15, 0.2) is 6.19 Å². The van der Waals surface area contributed by atoms with Gasteiger partial charge in [-0.3, -0.25) is 9.59 Å². The number of anilines is 2. The molecule has 2 heterocycles. The van der Waals surface area contributed by atoms with Crippen molar-refractivity contribution in [3.63, 3.8) is 0 Å².